The molecule has 3 aromatic heterocycles. The van der Waals surface area contributed by atoms with Crippen LogP contribution in [0.1, 0.15) is 19.4 Å². The van der Waals surface area contributed by atoms with Crippen molar-refractivity contribution in [3.8, 4) is 22.7 Å². The van der Waals surface area contributed by atoms with Crippen LogP contribution in [0.25, 0.3) is 33.9 Å². The highest BCUT2D eigenvalue weighted by Gasteiger charge is 2.21. The smallest absolute Gasteiger partial charge is 0.332 e. The second-order valence-electron chi connectivity index (χ2n) is 7.99. The average molecular weight is 444 g/mol. The summed E-state index contributed by atoms with van der Waals surface area (Å²) in [5.74, 6) is 1.34. The minimum atomic E-state index is -0.406. The molecule has 33 heavy (non-hydrogen) atoms. The molecular formula is C25H25N5O3. The predicted molar refractivity (Wildman–Crippen MR) is 128 cm³/mol. The first-order valence-corrected chi connectivity index (χ1v) is 11.0. The third-order valence-corrected chi connectivity index (χ3v) is 6.03. The van der Waals surface area contributed by atoms with Crippen LogP contribution in [0.4, 0.5) is 0 Å². The van der Waals surface area contributed by atoms with Crippen molar-refractivity contribution in [2.24, 2.45) is 14.1 Å². The highest BCUT2D eigenvalue weighted by Crippen LogP contribution is 2.30. The van der Waals surface area contributed by atoms with Crippen molar-refractivity contribution in [3.05, 3.63) is 81.1 Å². The number of benzene rings is 2. The van der Waals surface area contributed by atoms with E-state index in [1.165, 1.54) is 17.2 Å². The van der Waals surface area contributed by atoms with Gasteiger partial charge in [0.1, 0.15) is 5.75 Å². The Morgan fingerprint density at radius 1 is 0.909 bits per heavy atom. The first-order valence-electron chi connectivity index (χ1n) is 11.0. The molecule has 3 heterocycles. The van der Waals surface area contributed by atoms with Gasteiger partial charge in [-0.25, -0.2) is 4.79 Å². The lowest BCUT2D eigenvalue weighted by molar-refractivity contribution is 0.340. The van der Waals surface area contributed by atoms with Gasteiger partial charge in [0.2, 0.25) is 5.78 Å². The van der Waals surface area contributed by atoms with Gasteiger partial charge in [-0.2, -0.15) is 4.98 Å². The Bertz CT molecular complexity index is 1600. The topological polar surface area (TPSA) is 75.5 Å². The molecule has 8 heteroatoms. The monoisotopic (exact) mass is 443 g/mol. The molecule has 5 aromatic rings. The van der Waals surface area contributed by atoms with Crippen molar-refractivity contribution in [1.29, 1.82) is 0 Å². The summed E-state index contributed by atoms with van der Waals surface area (Å²) in [7, 11) is 3.11. The van der Waals surface area contributed by atoms with E-state index in [0.29, 0.717) is 23.5 Å². The highest BCUT2D eigenvalue weighted by atomic mass is 16.5. The zero-order valence-electron chi connectivity index (χ0n) is 19.1. The summed E-state index contributed by atoms with van der Waals surface area (Å²) in [5, 5.41) is 0. The maximum atomic E-state index is 13.0. The van der Waals surface area contributed by atoms with E-state index in [9.17, 15) is 9.59 Å². The van der Waals surface area contributed by atoms with E-state index in [1.54, 1.807) is 11.4 Å². The van der Waals surface area contributed by atoms with Crippen LogP contribution in [0, 0.1) is 0 Å². The number of ether oxygens (including phenoxy) is 1. The molecule has 0 spiro atoms. The lowest BCUT2D eigenvalue weighted by Crippen LogP contribution is -2.37. The van der Waals surface area contributed by atoms with Gasteiger partial charge in [0.05, 0.1) is 12.3 Å². The number of aryl methyl sites for hydroxylation is 2. The fourth-order valence-corrected chi connectivity index (χ4v) is 4.20. The first kappa shape index (κ1) is 20.8. The Hall–Kier alpha value is -4.07. The molecule has 168 valence electrons. The molecule has 8 nitrogen and oxygen atoms in total. The molecule has 5 rings (SSSR count). The minimum absolute atomic E-state index is 0.352. The van der Waals surface area contributed by atoms with Crippen molar-refractivity contribution in [2.45, 2.75) is 20.3 Å². The lowest BCUT2D eigenvalue weighted by Gasteiger charge is -2.11. The Labute approximate surface area is 189 Å². The zero-order valence-corrected chi connectivity index (χ0v) is 19.1. The number of nitrogens with zero attached hydrogens (tertiary/aromatic N) is 5. The summed E-state index contributed by atoms with van der Waals surface area (Å²) in [4.78, 5) is 30.2. The molecule has 0 saturated heterocycles. The maximum Gasteiger partial charge on any atom is 0.332 e. The molecule has 0 bridgehead atoms. The van der Waals surface area contributed by atoms with Gasteiger partial charge in [-0.15, -0.1) is 0 Å². The predicted octanol–water partition coefficient (Wildman–Crippen LogP) is 3.30. The van der Waals surface area contributed by atoms with Gasteiger partial charge in [0.15, 0.2) is 11.2 Å². The van der Waals surface area contributed by atoms with Gasteiger partial charge < -0.3 is 4.74 Å². The van der Waals surface area contributed by atoms with Gasteiger partial charge in [-0.05, 0) is 43.2 Å². The number of hydrogen-bond donors (Lipinski definition) is 0. The van der Waals surface area contributed by atoms with Crippen molar-refractivity contribution < 1.29 is 4.74 Å². The van der Waals surface area contributed by atoms with Gasteiger partial charge >= 0.3 is 5.69 Å². The molecule has 0 fully saturated rings. The van der Waals surface area contributed by atoms with Crippen LogP contribution in [0.15, 0.2) is 64.3 Å². The quantitative estimate of drug-likeness (QED) is 0.418. The van der Waals surface area contributed by atoms with Crippen LogP contribution in [0.5, 0.6) is 5.75 Å². The lowest BCUT2D eigenvalue weighted by atomic mass is 10.1. The fourth-order valence-electron chi connectivity index (χ4n) is 4.20. The SMILES string of the molecule is CCOc1ccc(-n2c(-c3ccc(CC)cc3)cn3c4c(=O)n(C)c(=O)n(C)c4nc23)cc1. The molecular weight excluding hydrogens is 418 g/mol. The normalized spacial score (nSPS) is 11.5. The Balaban J connectivity index is 1.85. The fraction of sp³-hybridized carbons (Fsp3) is 0.240. The number of fused-ring (bicyclic) bond motifs is 3. The first-order chi connectivity index (χ1) is 15.9. The van der Waals surface area contributed by atoms with Crippen molar-refractivity contribution >= 4 is 16.9 Å². The Kier molecular flexibility index (Phi) is 4.92. The van der Waals surface area contributed by atoms with E-state index in [1.807, 2.05) is 42.0 Å². The highest BCUT2D eigenvalue weighted by molar-refractivity contribution is 5.79. The van der Waals surface area contributed by atoms with Crippen LogP contribution < -0.4 is 16.0 Å². The molecule has 0 atom stereocenters. The number of hydrogen-bond acceptors (Lipinski definition) is 4. The summed E-state index contributed by atoms with van der Waals surface area (Å²) in [6.45, 7) is 4.66. The van der Waals surface area contributed by atoms with E-state index in [4.69, 9.17) is 9.72 Å². The summed E-state index contributed by atoms with van der Waals surface area (Å²) in [5.41, 5.74) is 3.95. The van der Waals surface area contributed by atoms with Gasteiger partial charge in [0.25, 0.3) is 5.56 Å². The second-order valence-corrected chi connectivity index (χ2v) is 7.99. The third kappa shape index (κ3) is 3.17. The van der Waals surface area contributed by atoms with E-state index >= 15 is 0 Å². The Morgan fingerprint density at radius 2 is 1.61 bits per heavy atom. The number of rotatable bonds is 5. The number of imidazole rings is 2. The van der Waals surface area contributed by atoms with Crippen LogP contribution in [-0.4, -0.2) is 29.7 Å². The summed E-state index contributed by atoms with van der Waals surface area (Å²) < 4.78 is 11.9. The van der Waals surface area contributed by atoms with Gasteiger partial charge in [0, 0.05) is 31.5 Å². The van der Waals surface area contributed by atoms with E-state index in [0.717, 1.165) is 33.7 Å². The molecule has 0 aliphatic heterocycles. The van der Waals surface area contributed by atoms with E-state index in [2.05, 4.69) is 31.2 Å². The third-order valence-electron chi connectivity index (χ3n) is 6.03. The second kappa shape index (κ2) is 7.81. The summed E-state index contributed by atoms with van der Waals surface area (Å²) in [6.07, 6.45) is 2.87. The standard InChI is InChI=1S/C25H25N5O3/c1-5-16-7-9-17(10-8-16)20-15-29-21-22(27(3)25(32)28(4)23(21)31)26-24(29)30(20)18-11-13-19(14-12-18)33-6-2/h7-15H,5-6H2,1-4H3. The maximum absolute atomic E-state index is 13.0. The number of aromatic nitrogens is 5. The molecule has 2 aromatic carbocycles. The molecule has 0 saturated carbocycles. The molecule has 0 unspecified atom stereocenters. The van der Waals surface area contributed by atoms with Gasteiger partial charge in [-0.3, -0.25) is 22.9 Å². The molecule has 0 aliphatic rings. The summed E-state index contributed by atoms with van der Waals surface area (Å²) in [6, 6.07) is 16.1. The molecule has 0 amide bonds. The van der Waals surface area contributed by atoms with Crippen molar-refractivity contribution in [2.75, 3.05) is 6.61 Å². The van der Waals surface area contributed by atoms with Crippen LogP contribution in [0.3, 0.4) is 0 Å². The molecule has 0 N–H and O–H groups in total. The Morgan fingerprint density at radius 3 is 2.24 bits per heavy atom. The minimum Gasteiger partial charge on any atom is -0.494 e. The average Bonchev–Trinajstić information content (AvgIpc) is 3.39. The van der Waals surface area contributed by atoms with E-state index in [-0.39, 0.29) is 5.56 Å². The van der Waals surface area contributed by atoms with Crippen molar-refractivity contribution in [1.82, 2.24) is 23.1 Å². The van der Waals surface area contributed by atoms with E-state index < -0.39 is 5.69 Å². The van der Waals surface area contributed by atoms with Crippen molar-refractivity contribution in [3.63, 3.8) is 0 Å². The summed E-state index contributed by atoms with van der Waals surface area (Å²) >= 11 is 0. The molecule has 0 radical (unpaired) electrons. The molecule has 0 aliphatic carbocycles. The van der Waals surface area contributed by atoms with Crippen LogP contribution in [-0.2, 0) is 20.5 Å². The van der Waals surface area contributed by atoms with Crippen LogP contribution >= 0.6 is 0 Å². The largest absolute Gasteiger partial charge is 0.494 e. The zero-order chi connectivity index (χ0) is 23.3. The van der Waals surface area contributed by atoms with Gasteiger partial charge in [-0.1, -0.05) is 31.2 Å². The van der Waals surface area contributed by atoms with Crippen LogP contribution in [0.2, 0.25) is 0 Å².